The van der Waals surface area contributed by atoms with E-state index in [0.29, 0.717) is 17.8 Å². The molecule has 0 bridgehead atoms. The molecule has 2 heterocycles. The standard InChI is InChI=1S/C49H47NO7S/c1-36-26-28-42(29-27-36)58(51,52)50-43-25-15-14-24-41(43)30-44(50)46-48(55-33-39-20-10-4-11-21-39)49(56-34-40-22-12-5-13-23-40)47(54-32-38-18-8-3-9-19-38)45(57-46)35-53-31-37-16-6-2-7-17-37/h2-30,45-49H,31-35H2,1H3/t45-,46+,47+,48+,49+/m1/s1. The van der Waals surface area contributed by atoms with Gasteiger partial charge in [-0.25, -0.2) is 12.4 Å². The summed E-state index contributed by atoms with van der Waals surface area (Å²) in [5, 5.41) is 0.750. The molecule has 0 radical (unpaired) electrons. The van der Waals surface area contributed by atoms with Crippen LogP contribution in [0.4, 0.5) is 0 Å². The van der Waals surface area contributed by atoms with E-state index in [0.717, 1.165) is 33.2 Å². The Morgan fingerprint density at radius 3 is 1.55 bits per heavy atom. The van der Waals surface area contributed by atoms with E-state index in [4.69, 9.17) is 23.7 Å². The van der Waals surface area contributed by atoms with Crippen molar-refractivity contribution >= 4 is 20.9 Å². The smallest absolute Gasteiger partial charge is 0.268 e. The van der Waals surface area contributed by atoms with Crippen molar-refractivity contribution < 1.29 is 32.1 Å². The molecule has 1 fully saturated rings. The van der Waals surface area contributed by atoms with Gasteiger partial charge in [-0.15, -0.1) is 0 Å². The first-order valence-corrected chi connectivity index (χ1v) is 21.0. The molecule has 0 spiro atoms. The first-order chi connectivity index (χ1) is 28.4. The Hall–Kier alpha value is -5.39. The minimum Gasteiger partial charge on any atom is -0.374 e. The number of benzene rings is 6. The molecule has 0 unspecified atom stereocenters. The maximum atomic E-state index is 14.9. The van der Waals surface area contributed by atoms with Gasteiger partial charge in [-0.1, -0.05) is 157 Å². The van der Waals surface area contributed by atoms with Gasteiger partial charge in [0.05, 0.1) is 49.1 Å². The van der Waals surface area contributed by atoms with Gasteiger partial charge in [0.1, 0.15) is 30.5 Å². The SMILES string of the molecule is Cc1ccc(S(=O)(=O)n2c([C@@H]3O[C@H](COCc4ccccc4)[C@H](OCc4ccccc4)[C@H](OCc4ccccc4)[C@H]3OCc3ccccc3)cc3ccccc32)cc1. The lowest BCUT2D eigenvalue weighted by Gasteiger charge is -2.46. The zero-order chi connectivity index (χ0) is 39.7. The molecule has 58 heavy (non-hydrogen) atoms. The number of aromatic nitrogens is 1. The summed E-state index contributed by atoms with van der Waals surface area (Å²) >= 11 is 0. The summed E-state index contributed by atoms with van der Waals surface area (Å²) in [4.78, 5) is 0.168. The fraction of sp³-hybridized carbons (Fsp3) is 0.224. The van der Waals surface area contributed by atoms with E-state index < -0.39 is 40.5 Å². The number of hydrogen-bond donors (Lipinski definition) is 0. The lowest BCUT2D eigenvalue weighted by molar-refractivity contribution is -0.275. The molecule has 8 nitrogen and oxygen atoms in total. The van der Waals surface area contributed by atoms with Crippen LogP contribution in [-0.4, -0.2) is 43.4 Å². The lowest BCUT2D eigenvalue weighted by Crippen LogP contribution is -2.58. The van der Waals surface area contributed by atoms with E-state index in [1.807, 2.05) is 171 Å². The Kier molecular flexibility index (Phi) is 12.6. The zero-order valence-electron chi connectivity index (χ0n) is 32.4. The highest BCUT2D eigenvalue weighted by molar-refractivity contribution is 7.90. The maximum absolute atomic E-state index is 14.9. The van der Waals surface area contributed by atoms with Crippen molar-refractivity contribution in [2.75, 3.05) is 6.61 Å². The van der Waals surface area contributed by atoms with E-state index >= 15 is 0 Å². The van der Waals surface area contributed by atoms with Crippen LogP contribution < -0.4 is 0 Å². The van der Waals surface area contributed by atoms with Gasteiger partial charge in [-0.2, -0.15) is 0 Å². The van der Waals surface area contributed by atoms with Gasteiger partial charge in [0.25, 0.3) is 10.0 Å². The van der Waals surface area contributed by atoms with Crippen molar-refractivity contribution in [3.05, 3.63) is 209 Å². The van der Waals surface area contributed by atoms with E-state index in [9.17, 15) is 8.42 Å². The van der Waals surface area contributed by atoms with Crippen molar-refractivity contribution in [3.63, 3.8) is 0 Å². The largest absolute Gasteiger partial charge is 0.374 e. The fourth-order valence-electron chi connectivity index (χ4n) is 7.46. The zero-order valence-corrected chi connectivity index (χ0v) is 33.2. The predicted octanol–water partition coefficient (Wildman–Crippen LogP) is 9.60. The van der Waals surface area contributed by atoms with Crippen molar-refractivity contribution in [2.24, 2.45) is 0 Å². The van der Waals surface area contributed by atoms with Crippen molar-refractivity contribution in [3.8, 4) is 0 Å². The van der Waals surface area contributed by atoms with Crippen LogP contribution in [-0.2, 0) is 60.1 Å². The monoisotopic (exact) mass is 793 g/mol. The number of para-hydroxylation sites is 1. The van der Waals surface area contributed by atoms with Gasteiger partial charge >= 0.3 is 0 Å². The van der Waals surface area contributed by atoms with E-state index in [1.165, 1.54) is 3.97 Å². The Bertz CT molecular complexity index is 2460. The van der Waals surface area contributed by atoms with Gasteiger partial charge < -0.3 is 23.7 Å². The third kappa shape index (κ3) is 9.16. The molecular formula is C49H47NO7S. The number of nitrogens with zero attached hydrogens (tertiary/aromatic N) is 1. The lowest BCUT2D eigenvalue weighted by atomic mass is 9.92. The van der Waals surface area contributed by atoms with Crippen molar-refractivity contribution in [1.29, 1.82) is 0 Å². The summed E-state index contributed by atoms with van der Waals surface area (Å²) < 4.78 is 65.5. The predicted molar refractivity (Wildman–Crippen MR) is 224 cm³/mol. The second kappa shape index (κ2) is 18.5. The van der Waals surface area contributed by atoms with Crippen molar-refractivity contribution in [1.82, 2.24) is 3.97 Å². The molecule has 1 aliphatic rings. The van der Waals surface area contributed by atoms with Gasteiger partial charge in [0.2, 0.25) is 0 Å². The Labute approximate surface area is 340 Å². The van der Waals surface area contributed by atoms with E-state index in [2.05, 4.69) is 0 Å². The second-order valence-electron chi connectivity index (χ2n) is 14.6. The molecule has 9 heteroatoms. The van der Waals surface area contributed by atoms with E-state index in [1.54, 1.807) is 12.1 Å². The summed E-state index contributed by atoms with van der Waals surface area (Å²) in [6, 6.07) is 56.1. The first kappa shape index (κ1) is 39.4. The third-order valence-corrected chi connectivity index (χ3v) is 12.2. The van der Waals surface area contributed by atoms with Crippen LogP contribution in [0.15, 0.2) is 181 Å². The highest BCUT2D eigenvalue weighted by atomic mass is 32.2. The Balaban J connectivity index is 1.26. The normalized spacial score (nSPS) is 19.6. The van der Waals surface area contributed by atoms with Crippen LogP contribution in [0.25, 0.3) is 10.9 Å². The molecule has 0 saturated carbocycles. The molecule has 1 aliphatic heterocycles. The average Bonchev–Trinajstić information content (AvgIpc) is 3.67. The molecule has 8 rings (SSSR count). The summed E-state index contributed by atoms with van der Waals surface area (Å²) in [7, 11) is -4.13. The van der Waals surface area contributed by atoms with E-state index in [-0.39, 0.29) is 31.3 Å². The first-order valence-electron chi connectivity index (χ1n) is 19.6. The number of hydrogen-bond acceptors (Lipinski definition) is 7. The highest BCUT2D eigenvalue weighted by Crippen LogP contribution is 2.41. The topological polar surface area (TPSA) is 85.2 Å². The fourth-order valence-corrected chi connectivity index (χ4v) is 9.01. The minimum atomic E-state index is -4.13. The van der Waals surface area contributed by atoms with Crippen LogP contribution in [0, 0.1) is 6.92 Å². The van der Waals surface area contributed by atoms with Crippen LogP contribution in [0.3, 0.4) is 0 Å². The van der Waals surface area contributed by atoms with Crippen LogP contribution >= 0.6 is 0 Å². The highest BCUT2D eigenvalue weighted by Gasteiger charge is 2.50. The number of ether oxygens (including phenoxy) is 5. The average molecular weight is 794 g/mol. The number of fused-ring (bicyclic) bond motifs is 1. The minimum absolute atomic E-state index is 0.145. The summed E-state index contributed by atoms with van der Waals surface area (Å²) in [5.41, 5.74) is 5.84. The molecule has 7 aromatic rings. The molecule has 0 N–H and O–H groups in total. The van der Waals surface area contributed by atoms with Crippen LogP contribution in [0.2, 0.25) is 0 Å². The number of rotatable bonds is 16. The Morgan fingerprint density at radius 1 is 0.534 bits per heavy atom. The molecular weight excluding hydrogens is 747 g/mol. The summed E-state index contributed by atoms with van der Waals surface area (Å²) in [5.74, 6) is 0. The molecule has 6 aromatic carbocycles. The van der Waals surface area contributed by atoms with Gasteiger partial charge in [-0.3, -0.25) is 0 Å². The number of aryl methyl sites for hydroxylation is 1. The molecule has 0 aliphatic carbocycles. The van der Waals surface area contributed by atoms with Crippen LogP contribution in [0.5, 0.6) is 0 Å². The molecule has 1 aromatic heterocycles. The molecule has 5 atom stereocenters. The quantitative estimate of drug-likeness (QED) is 0.0964. The van der Waals surface area contributed by atoms with Crippen molar-refractivity contribution in [2.45, 2.75) is 68.8 Å². The second-order valence-corrected chi connectivity index (χ2v) is 16.4. The molecule has 296 valence electrons. The summed E-state index contributed by atoms with van der Waals surface area (Å²) in [6.07, 6.45) is -3.86. The molecule has 1 saturated heterocycles. The van der Waals surface area contributed by atoms with Gasteiger partial charge in [0, 0.05) is 5.39 Å². The van der Waals surface area contributed by atoms with Gasteiger partial charge in [0.15, 0.2) is 0 Å². The maximum Gasteiger partial charge on any atom is 0.268 e. The Morgan fingerprint density at radius 2 is 1.00 bits per heavy atom. The van der Waals surface area contributed by atoms with Gasteiger partial charge in [-0.05, 0) is 53.4 Å². The third-order valence-electron chi connectivity index (χ3n) is 10.4. The molecule has 0 amide bonds. The van der Waals surface area contributed by atoms with Crippen LogP contribution in [0.1, 0.15) is 39.6 Å². The summed E-state index contributed by atoms with van der Waals surface area (Å²) in [6.45, 7) is 3.20.